The van der Waals surface area contributed by atoms with Gasteiger partial charge in [0.1, 0.15) is 5.01 Å². The van der Waals surface area contributed by atoms with E-state index >= 15 is 0 Å². The average molecular weight is 377 g/mol. The number of carbonyl (C=O) groups is 1. The zero-order chi connectivity index (χ0) is 18.4. The highest BCUT2D eigenvalue weighted by Gasteiger charge is 2.33. The van der Waals surface area contributed by atoms with Crippen molar-refractivity contribution in [1.29, 1.82) is 0 Å². The van der Waals surface area contributed by atoms with E-state index in [0.717, 1.165) is 36.1 Å². The molecule has 10 heteroatoms. The molecule has 2 heterocycles. The molecule has 1 saturated heterocycles. The van der Waals surface area contributed by atoms with Crippen molar-refractivity contribution in [3.8, 4) is 0 Å². The Bertz CT molecular complexity index is 617. The molecule has 0 aliphatic carbocycles. The molecule has 0 aromatic carbocycles. The molecule has 1 aromatic rings. The van der Waals surface area contributed by atoms with E-state index in [1.165, 1.54) is 0 Å². The Morgan fingerprint density at radius 2 is 2.32 bits per heavy atom. The molecular weight excluding hydrogens is 355 g/mol. The van der Waals surface area contributed by atoms with Gasteiger partial charge in [-0.15, -0.1) is 11.3 Å². The molecule has 0 saturated carbocycles. The van der Waals surface area contributed by atoms with Gasteiger partial charge >= 0.3 is 6.18 Å². The number of alkyl halides is 3. The van der Waals surface area contributed by atoms with Gasteiger partial charge < -0.3 is 16.0 Å². The molecule has 6 nitrogen and oxygen atoms in total. The molecule has 1 aromatic heterocycles. The van der Waals surface area contributed by atoms with Gasteiger partial charge in [0.2, 0.25) is 5.91 Å². The molecule has 0 spiro atoms. The summed E-state index contributed by atoms with van der Waals surface area (Å²) in [5, 5.41) is 4.46. The third-order valence-corrected chi connectivity index (χ3v) is 4.68. The van der Waals surface area contributed by atoms with Crippen LogP contribution in [0, 0.1) is 5.92 Å². The van der Waals surface area contributed by atoms with E-state index in [-0.39, 0.29) is 18.4 Å². The van der Waals surface area contributed by atoms with Crippen LogP contribution in [0.4, 0.5) is 13.2 Å². The number of nitrogens with zero attached hydrogens (tertiary/aromatic N) is 3. The second-order valence-corrected chi connectivity index (χ2v) is 6.86. The van der Waals surface area contributed by atoms with Gasteiger partial charge in [0.25, 0.3) is 0 Å². The number of thiazole rings is 1. The third kappa shape index (κ3) is 5.87. The number of likely N-dealkylation sites (tertiary alicyclic amines) is 1. The molecular formula is C15H22F3N5OS. The van der Waals surface area contributed by atoms with E-state index in [1.54, 1.807) is 0 Å². The van der Waals surface area contributed by atoms with Crippen LogP contribution in [0.1, 0.15) is 36.9 Å². The molecule has 1 atom stereocenters. The molecule has 2 rings (SSSR count). The smallest absolute Gasteiger partial charge is 0.370 e. The summed E-state index contributed by atoms with van der Waals surface area (Å²) in [7, 11) is 0. The maximum atomic E-state index is 12.6. The molecule has 1 unspecified atom stereocenters. The van der Waals surface area contributed by atoms with E-state index < -0.39 is 11.9 Å². The van der Waals surface area contributed by atoms with Crippen LogP contribution in [0.15, 0.2) is 10.4 Å². The fourth-order valence-electron chi connectivity index (χ4n) is 2.79. The summed E-state index contributed by atoms with van der Waals surface area (Å²) < 4.78 is 37.8. The first kappa shape index (κ1) is 19.5. The number of nitrogens with one attached hydrogen (secondary N) is 1. The lowest BCUT2D eigenvalue weighted by Gasteiger charge is -2.34. The minimum absolute atomic E-state index is 0.0834. The molecule has 1 amide bonds. The lowest BCUT2D eigenvalue weighted by molar-refractivity contribution is -0.140. The molecule has 25 heavy (non-hydrogen) atoms. The van der Waals surface area contributed by atoms with Gasteiger partial charge in [-0.2, -0.15) is 13.2 Å². The highest BCUT2D eigenvalue weighted by molar-refractivity contribution is 7.09. The van der Waals surface area contributed by atoms with Crippen molar-refractivity contribution in [2.45, 2.75) is 38.9 Å². The number of rotatable bonds is 5. The number of aliphatic imine (C=N–C) groups is 1. The van der Waals surface area contributed by atoms with E-state index in [2.05, 4.69) is 15.3 Å². The Balaban J connectivity index is 2.04. The van der Waals surface area contributed by atoms with Crippen LogP contribution in [0.2, 0.25) is 0 Å². The fourth-order valence-corrected chi connectivity index (χ4v) is 3.51. The minimum atomic E-state index is -4.43. The van der Waals surface area contributed by atoms with Crippen LogP contribution in [-0.2, 0) is 17.5 Å². The van der Waals surface area contributed by atoms with Crippen molar-refractivity contribution in [2.24, 2.45) is 16.6 Å². The van der Waals surface area contributed by atoms with Gasteiger partial charge in [0.05, 0.1) is 6.54 Å². The first-order chi connectivity index (χ1) is 11.8. The SMILES string of the molecule is CCNC(=NCc1nc(C(F)(F)F)cs1)N1CCCC(CC(N)=O)C1. The van der Waals surface area contributed by atoms with Gasteiger partial charge in [0, 0.05) is 31.4 Å². The zero-order valence-corrected chi connectivity index (χ0v) is 14.8. The highest BCUT2D eigenvalue weighted by atomic mass is 32.1. The van der Waals surface area contributed by atoms with Crippen molar-refractivity contribution < 1.29 is 18.0 Å². The summed E-state index contributed by atoms with van der Waals surface area (Å²) in [6, 6.07) is 0. The van der Waals surface area contributed by atoms with E-state index in [9.17, 15) is 18.0 Å². The minimum Gasteiger partial charge on any atom is -0.370 e. The lowest BCUT2D eigenvalue weighted by atomic mass is 9.95. The van der Waals surface area contributed by atoms with Crippen molar-refractivity contribution in [3.63, 3.8) is 0 Å². The number of piperidine rings is 1. The molecule has 0 bridgehead atoms. The van der Waals surface area contributed by atoms with Crippen LogP contribution in [0.5, 0.6) is 0 Å². The Morgan fingerprint density at radius 1 is 1.56 bits per heavy atom. The molecule has 1 aliphatic heterocycles. The number of carbonyl (C=O) groups excluding carboxylic acids is 1. The number of amides is 1. The van der Waals surface area contributed by atoms with Gasteiger partial charge in [-0.3, -0.25) is 4.79 Å². The summed E-state index contributed by atoms with van der Waals surface area (Å²) in [6.07, 6.45) is -2.26. The summed E-state index contributed by atoms with van der Waals surface area (Å²) in [4.78, 5) is 21.2. The van der Waals surface area contributed by atoms with Crippen molar-refractivity contribution in [1.82, 2.24) is 15.2 Å². The van der Waals surface area contributed by atoms with Crippen LogP contribution < -0.4 is 11.1 Å². The topological polar surface area (TPSA) is 83.6 Å². The van der Waals surface area contributed by atoms with Gasteiger partial charge in [0.15, 0.2) is 11.7 Å². The lowest BCUT2D eigenvalue weighted by Crippen LogP contribution is -2.47. The summed E-state index contributed by atoms with van der Waals surface area (Å²) in [6.45, 7) is 4.08. The Hall–Kier alpha value is -1.84. The molecule has 3 N–H and O–H groups in total. The number of halogens is 3. The summed E-state index contributed by atoms with van der Waals surface area (Å²) in [5.74, 6) is 0.475. The summed E-state index contributed by atoms with van der Waals surface area (Å²) in [5.41, 5.74) is 4.39. The molecule has 1 aliphatic rings. The number of aromatic nitrogens is 1. The van der Waals surface area contributed by atoms with E-state index in [0.29, 0.717) is 30.5 Å². The van der Waals surface area contributed by atoms with Crippen molar-refractivity contribution in [3.05, 3.63) is 16.1 Å². The first-order valence-electron chi connectivity index (χ1n) is 8.12. The largest absolute Gasteiger partial charge is 0.434 e. The fraction of sp³-hybridized carbons (Fsp3) is 0.667. The van der Waals surface area contributed by atoms with Gasteiger partial charge in [-0.1, -0.05) is 0 Å². The first-order valence-corrected chi connectivity index (χ1v) is 9.00. The third-order valence-electron chi connectivity index (χ3n) is 3.85. The second-order valence-electron chi connectivity index (χ2n) is 5.92. The number of hydrogen-bond acceptors (Lipinski definition) is 4. The number of guanidine groups is 1. The number of hydrogen-bond donors (Lipinski definition) is 2. The van der Waals surface area contributed by atoms with Crippen LogP contribution in [-0.4, -0.2) is 41.4 Å². The predicted octanol–water partition coefficient (Wildman–Crippen LogP) is 2.21. The molecule has 1 fully saturated rings. The number of nitrogens with two attached hydrogens (primary N) is 1. The van der Waals surface area contributed by atoms with Crippen LogP contribution in [0.3, 0.4) is 0 Å². The van der Waals surface area contributed by atoms with Crippen LogP contribution >= 0.6 is 11.3 Å². The van der Waals surface area contributed by atoms with Crippen LogP contribution in [0.25, 0.3) is 0 Å². The van der Waals surface area contributed by atoms with E-state index in [4.69, 9.17) is 5.73 Å². The zero-order valence-electron chi connectivity index (χ0n) is 14.0. The standard InChI is InChI=1S/C15H22F3N5OS/c1-2-20-14(23-5-3-4-10(8-23)6-12(19)24)21-7-13-22-11(9-25-13)15(16,17)18/h9-10H,2-8H2,1H3,(H2,19,24)(H,20,21). The van der Waals surface area contributed by atoms with Crippen molar-refractivity contribution in [2.75, 3.05) is 19.6 Å². The second kappa shape index (κ2) is 8.50. The normalized spacial score (nSPS) is 19.1. The average Bonchev–Trinajstić information content (AvgIpc) is 3.00. The Kier molecular flexibility index (Phi) is 6.63. The predicted molar refractivity (Wildman–Crippen MR) is 90.0 cm³/mol. The van der Waals surface area contributed by atoms with Gasteiger partial charge in [-0.25, -0.2) is 9.98 Å². The van der Waals surface area contributed by atoms with Gasteiger partial charge in [-0.05, 0) is 25.7 Å². The maximum Gasteiger partial charge on any atom is 0.434 e. The number of primary amides is 1. The quantitative estimate of drug-likeness (QED) is 0.609. The monoisotopic (exact) mass is 377 g/mol. The summed E-state index contributed by atoms with van der Waals surface area (Å²) >= 11 is 0.946. The van der Waals surface area contributed by atoms with E-state index in [1.807, 2.05) is 11.8 Å². The Labute approximate surface area is 148 Å². The highest BCUT2D eigenvalue weighted by Crippen LogP contribution is 2.30. The molecule has 140 valence electrons. The molecule has 0 radical (unpaired) electrons. The maximum absolute atomic E-state index is 12.6. The Morgan fingerprint density at radius 3 is 2.92 bits per heavy atom. The van der Waals surface area contributed by atoms with Crippen molar-refractivity contribution >= 4 is 23.2 Å².